The lowest BCUT2D eigenvalue weighted by Gasteiger charge is -2.09. The van der Waals surface area contributed by atoms with E-state index in [9.17, 15) is 4.79 Å². The van der Waals surface area contributed by atoms with Crippen LogP contribution in [0.1, 0.15) is 0 Å². The van der Waals surface area contributed by atoms with Crippen molar-refractivity contribution < 1.29 is 0 Å². The summed E-state index contributed by atoms with van der Waals surface area (Å²) in [6.45, 7) is 0. The summed E-state index contributed by atoms with van der Waals surface area (Å²) in [4.78, 5) is 12.2. The van der Waals surface area contributed by atoms with Crippen LogP contribution < -0.4 is 16.6 Å². The highest BCUT2D eigenvalue weighted by Gasteiger charge is 2.14. The van der Waals surface area contributed by atoms with E-state index in [4.69, 9.17) is 40.5 Å². The van der Waals surface area contributed by atoms with Crippen molar-refractivity contribution in [2.75, 3.05) is 11.1 Å². The van der Waals surface area contributed by atoms with E-state index in [0.29, 0.717) is 22.2 Å². The molecule has 0 spiro atoms. The summed E-state index contributed by atoms with van der Waals surface area (Å²) >= 11 is 18.2. The molecule has 8 heteroatoms. The number of H-pyrrole nitrogens is 1. The molecule has 23 heavy (non-hydrogen) atoms. The van der Waals surface area contributed by atoms with E-state index in [1.807, 2.05) is 6.07 Å². The van der Waals surface area contributed by atoms with Crippen LogP contribution in [0, 0.1) is 0 Å². The SMILES string of the molecule is Nc1cccc(Nc2cc(=O)n(-c3c(Cl)cc(Cl)cc3Cl)[nH]2)c1. The van der Waals surface area contributed by atoms with Crippen LogP contribution in [0.3, 0.4) is 0 Å². The highest BCUT2D eigenvalue weighted by atomic mass is 35.5. The first kappa shape index (κ1) is 15.8. The molecular weight excluding hydrogens is 359 g/mol. The molecule has 2 aromatic carbocycles. The zero-order valence-electron chi connectivity index (χ0n) is 11.6. The Labute approximate surface area is 146 Å². The van der Waals surface area contributed by atoms with Gasteiger partial charge in [0.2, 0.25) is 0 Å². The number of nitrogen functional groups attached to an aromatic ring is 1. The second-order valence-electron chi connectivity index (χ2n) is 4.81. The Morgan fingerprint density at radius 2 is 1.74 bits per heavy atom. The van der Waals surface area contributed by atoms with Crippen molar-refractivity contribution in [1.82, 2.24) is 9.78 Å². The van der Waals surface area contributed by atoms with Gasteiger partial charge in [-0.1, -0.05) is 40.9 Å². The third-order valence-electron chi connectivity index (χ3n) is 3.09. The van der Waals surface area contributed by atoms with Gasteiger partial charge in [0.05, 0.1) is 10.0 Å². The summed E-state index contributed by atoms with van der Waals surface area (Å²) in [6, 6.07) is 11.6. The van der Waals surface area contributed by atoms with Gasteiger partial charge in [-0.3, -0.25) is 9.89 Å². The van der Waals surface area contributed by atoms with Crippen LogP contribution in [0.4, 0.5) is 17.2 Å². The fourth-order valence-corrected chi connectivity index (χ4v) is 3.13. The molecular formula is C15H11Cl3N4O. The van der Waals surface area contributed by atoms with Crippen molar-refractivity contribution >= 4 is 52.0 Å². The maximum atomic E-state index is 12.2. The Bertz CT molecular complexity index is 909. The molecule has 0 fully saturated rings. The second kappa shape index (κ2) is 6.20. The minimum Gasteiger partial charge on any atom is -0.399 e. The number of nitrogens with two attached hydrogens (primary N) is 1. The number of anilines is 3. The average molecular weight is 370 g/mol. The maximum Gasteiger partial charge on any atom is 0.273 e. The largest absolute Gasteiger partial charge is 0.399 e. The van der Waals surface area contributed by atoms with E-state index in [1.165, 1.54) is 22.9 Å². The molecule has 5 nitrogen and oxygen atoms in total. The first-order valence-corrected chi connectivity index (χ1v) is 7.67. The lowest BCUT2D eigenvalue weighted by atomic mass is 10.3. The van der Waals surface area contributed by atoms with Crippen molar-refractivity contribution in [2.45, 2.75) is 0 Å². The molecule has 0 aliphatic carbocycles. The van der Waals surface area contributed by atoms with Gasteiger partial charge in [-0.25, -0.2) is 4.68 Å². The van der Waals surface area contributed by atoms with E-state index in [0.717, 1.165) is 5.69 Å². The zero-order chi connectivity index (χ0) is 16.6. The summed E-state index contributed by atoms with van der Waals surface area (Å²) < 4.78 is 1.25. The van der Waals surface area contributed by atoms with E-state index in [1.54, 1.807) is 18.2 Å². The number of hydrogen-bond donors (Lipinski definition) is 3. The van der Waals surface area contributed by atoms with Gasteiger partial charge in [-0.15, -0.1) is 0 Å². The summed E-state index contributed by atoms with van der Waals surface area (Å²) in [6.07, 6.45) is 0. The monoisotopic (exact) mass is 368 g/mol. The molecule has 1 aromatic heterocycles. The normalized spacial score (nSPS) is 10.7. The molecule has 0 bridgehead atoms. The average Bonchev–Trinajstić information content (AvgIpc) is 2.78. The van der Waals surface area contributed by atoms with Crippen LogP contribution >= 0.6 is 34.8 Å². The van der Waals surface area contributed by atoms with Crippen LogP contribution in [0.5, 0.6) is 0 Å². The minimum atomic E-state index is -0.317. The van der Waals surface area contributed by atoms with E-state index >= 15 is 0 Å². The number of nitrogens with zero attached hydrogens (tertiary/aromatic N) is 1. The molecule has 1 heterocycles. The van der Waals surface area contributed by atoms with Crippen LogP contribution in [0.15, 0.2) is 47.3 Å². The Hall–Kier alpha value is -2.08. The smallest absolute Gasteiger partial charge is 0.273 e. The molecule has 0 unspecified atom stereocenters. The van der Waals surface area contributed by atoms with Crippen molar-refractivity contribution in [2.24, 2.45) is 0 Å². The molecule has 0 radical (unpaired) electrons. The molecule has 3 aromatic rings. The Morgan fingerprint density at radius 3 is 2.39 bits per heavy atom. The lowest BCUT2D eigenvalue weighted by molar-refractivity contribution is 0.853. The van der Waals surface area contributed by atoms with Gasteiger partial charge < -0.3 is 11.1 Å². The van der Waals surface area contributed by atoms with Gasteiger partial charge in [0.25, 0.3) is 5.56 Å². The maximum absolute atomic E-state index is 12.2. The van der Waals surface area contributed by atoms with E-state index in [2.05, 4.69) is 10.4 Å². The van der Waals surface area contributed by atoms with Gasteiger partial charge in [-0.05, 0) is 30.3 Å². The first-order chi connectivity index (χ1) is 10.9. The summed E-state index contributed by atoms with van der Waals surface area (Å²) in [7, 11) is 0. The molecule has 0 atom stereocenters. The Morgan fingerprint density at radius 1 is 1.04 bits per heavy atom. The summed E-state index contributed by atoms with van der Waals surface area (Å²) in [5.41, 5.74) is 7.10. The molecule has 0 saturated carbocycles. The molecule has 118 valence electrons. The van der Waals surface area contributed by atoms with Gasteiger partial charge in [0.15, 0.2) is 0 Å². The summed E-state index contributed by atoms with van der Waals surface area (Å²) in [5.74, 6) is 0.475. The zero-order valence-corrected chi connectivity index (χ0v) is 13.9. The molecule has 0 amide bonds. The molecule has 3 rings (SSSR count). The van der Waals surface area contributed by atoms with Crippen LogP contribution in [0.2, 0.25) is 15.1 Å². The van der Waals surface area contributed by atoms with Gasteiger partial charge in [0.1, 0.15) is 11.5 Å². The number of aromatic nitrogens is 2. The number of aromatic amines is 1. The topological polar surface area (TPSA) is 75.8 Å². The standard InChI is InChI=1S/C15H11Cl3N4O/c16-8-4-11(17)15(12(18)5-8)22-14(23)7-13(21-22)20-10-3-1-2-9(19)6-10/h1-7,20-21H,19H2. The molecule has 0 saturated heterocycles. The molecule has 0 aliphatic rings. The molecule has 4 N–H and O–H groups in total. The van der Waals surface area contributed by atoms with Crippen LogP contribution in [0.25, 0.3) is 5.69 Å². The van der Waals surface area contributed by atoms with Gasteiger partial charge in [-0.2, -0.15) is 0 Å². The third kappa shape index (κ3) is 3.32. The minimum absolute atomic E-state index is 0.266. The van der Waals surface area contributed by atoms with Crippen LogP contribution in [-0.4, -0.2) is 9.78 Å². The fraction of sp³-hybridized carbons (Fsp3) is 0. The highest BCUT2D eigenvalue weighted by molar-refractivity contribution is 6.40. The summed E-state index contributed by atoms with van der Waals surface area (Å²) in [5, 5.41) is 6.89. The van der Waals surface area contributed by atoms with Crippen LogP contribution in [-0.2, 0) is 0 Å². The van der Waals surface area contributed by atoms with Crippen molar-refractivity contribution in [3.05, 3.63) is 67.9 Å². The van der Waals surface area contributed by atoms with E-state index in [-0.39, 0.29) is 15.6 Å². The molecule has 0 aliphatic heterocycles. The van der Waals surface area contributed by atoms with E-state index < -0.39 is 0 Å². The van der Waals surface area contributed by atoms with Crippen molar-refractivity contribution in [3.63, 3.8) is 0 Å². The first-order valence-electron chi connectivity index (χ1n) is 6.53. The van der Waals surface area contributed by atoms with Crippen molar-refractivity contribution in [3.8, 4) is 5.69 Å². The third-order valence-corrected chi connectivity index (χ3v) is 3.89. The predicted molar refractivity (Wildman–Crippen MR) is 95.6 cm³/mol. The van der Waals surface area contributed by atoms with Gasteiger partial charge in [0, 0.05) is 22.5 Å². The van der Waals surface area contributed by atoms with Crippen molar-refractivity contribution in [1.29, 1.82) is 0 Å². The number of rotatable bonds is 3. The second-order valence-corrected chi connectivity index (χ2v) is 6.06. The fourth-order valence-electron chi connectivity index (χ4n) is 2.15. The Kier molecular flexibility index (Phi) is 4.26. The number of halogens is 3. The Balaban J connectivity index is 2.01. The quantitative estimate of drug-likeness (QED) is 0.597. The van der Waals surface area contributed by atoms with Gasteiger partial charge >= 0.3 is 0 Å². The lowest BCUT2D eigenvalue weighted by Crippen LogP contribution is -2.14. The highest BCUT2D eigenvalue weighted by Crippen LogP contribution is 2.31. The predicted octanol–water partition coefficient (Wildman–Crippen LogP) is 4.45. The number of benzene rings is 2. The number of hydrogen-bond acceptors (Lipinski definition) is 3. The number of nitrogens with one attached hydrogen (secondary N) is 2.